The summed E-state index contributed by atoms with van der Waals surface area (Å²) in [5.41, 5.74) is 10.6. The molecule has 0 saturated heterocycles. The van der Waals surface area contributed by atoms with Crippen LogP contribution in [0, 0.1) is 30.1 Å². The number of imidazole rings is 2. The van der Waals surface area contributed by atoms with Crippen molar-refractivity contribution < 1.29 is 18.5 Å². The van der Waals surface area contributed by atoms with Crippen LogP contribution in [0.25, 0.3) is 42.5 Å². The van der Waals surface area contributed by atoms with Crippen molar-refractivity contribution in [3.63, 3.8) is 0 Å². The molecule has 10 heterocycles. The Bertz CT molecular complexity index is 4140. The van der Waals surface area contributed by atoms with Gasteiger partial charge in [-0.05, 0) is 110 Å². The van der Waals surface area contributed by atoms with E-state index < -0.39 is 0 Å². The summed E-state index contributed by atoms with van der Waals surface area (Å²) in [4.78, 5) is 37.6. The van der Waals surface area contributed by atoms with Gasteiger partial charge in [0.25, 0.3) is 0 Å². The normalized spacial score (nSPS) is 12.8. The summed E-state index contributed by atoms with van der Waals surface area (Å²) >= 11 is 6.41. The van der Waals surface area contributed by atoms with Gasteiger partial charge in [0.2, 0.25) is 5.89 Å². The minimum absolute atomic E-state index is 0.0360. The zero-order chi connectivity index (χ0) is 85.7. The van der Waals surface area contributed by atoms with E-state index in [1.165, 1.54) is 32.9 Å². The maximum atomic E-state index is 10.8. The summed E-state index contributed by atoms with van der Waals surface area (Å²) in [7, 11) is 1.99. The Labute approximate surface area is 684 Å². The first-order valence-electron chi connectivity index (χ1n) is 36.9. The van der Waals surface area contributed by atoms with Crippen LogP contribution in [0.5, 0.6) is 0 Å². The molecule has 1 atom stereocenters. The predicted octanol–water partition coefficient (Wildman–Crippen LogP) is 25.2. The van der Waals surface area contributed by atoms with Crippen molar-refractivity contribution in [2.75, 3.05) is 0 Å². The highest BCUT2D eigenvalue weighted by Crippen LogP contribution is 2.33. The van der Waals surface area contributed by atoms with E-state index >= 15 is 0 Å². The maximum Gasteiger partial charge on any atom is 0.330 e. The number of aryl methyl sites for hydroxylation is 1. The lowest BCUT2D eigenvalue weighted by molar-refractivity contribution is -0.149. The number of aromatic nitrogens is 12. The van der Waals surface area contributed by atoms with Crippen molar-refractivity contribution in [2.24, 2.45) is 12.5 Å². The predicted molar refractivity (Wildman–Crippen MR) is 480 cm³/mol. The van der Waals surface area contributed by atoms with E-state index in [0.717, 1.165) is 79.2 Å². The monoisotopic (exact) mass is 1580 g/mol. The van der Waals surface area contributed by atoms with Crippen LogP contribution in [-0.4, -0.2) is 70.6 Å². The van der Waals surface area contributed by atoms with E-state index in [-0.39, 0.29) is 66.2 Å². The summed E-state index contributed by atoms with van der Waals surface area (Å²) in [5, 5.41) is 16.7. The van der Waals surface area contributed by atoms with E-state index in [9.17, 15) is 4.79 Å². The summed E-state index contributed by atoms with van der Waals surface area (Å²) in [6, 6.07) is 4.00. The van der Waals surface area contributed by atoms with Gasteiger partial charge in [-0.1, -0.05) is 271 Å². The molecule has 604 valence electrons. The van der Waals surface area contributed by atoms with Gasteiger partial charge >= 0.3 is 5.97 Å². The Morgan fingerprint density at radius 1 is 0.550 bits per heavy atom. The molecule has 0 radical (unpaired) electrons. The number of nitrogens with one attached hydrogen (secondary N) is 2. The molecule has 0 saturated carbocycles. The molecule has 0 fully saturated rings. The van der Waals surface area contributed by atoms with E-state index in [2.05, 4.69) is 343 Å². The van der Waals surface area contributed by atoms with Gasteiger partial charge in [0.1, 0.15) is 44.9 Å². The van der Waals surface area contributed by atoms with Crippen LogP contribution in [-0.2, 0) is 65.3 Å². The molecular formula is C91H132N12O4S4. The second-order valence-electron chi connectivity index (χ2n) is 36.3. The quantitative estimate of drug-likeness (QED) is 0.113. The van der Waals surface area contributed by atoms with Crippen molar-refractivity contribution in [1.29, 1.82) is 0 Å². The van der Waals surface area contributed by atoms with Crippen LogP contribution in [0.2, 0.25) is 0 Å². The molecule has 10 rings (SSSR count). The first kappa shape index (κ1) is 100. The molecule has 0 aromatic carbocycles. The number of rotatable bonds is 7. The van der Waals surface area contributed by atoms with E-state index in [4.69, 9.17) is 26.5 Å². The number of hydrogen-bond acceptors (Lipinski definition) is 17. The Kier molecular flexibility index (Phi) is 39.0. The lowest BCUT2D eigenvalue weighted by Crippen LogP contribution is -2.32. The second-order valence-corrected chi connectivity index (χ2v) is 39.7. The molecule has 2 N–H and O–H groups in total. The van der Waals surface area contributed by atoms with Crippen molar-refractivity contribution in [3.05, 3.63) is 212 Å². The van der Waals surface area contributed by atoms with Crippen molar-refractivity contribution in [3.8, 4) is 24.7 Å². The number of ether oxygens (including phenoxy) is 1. The summed E-state index contributed by atoms with van der Waals surface area (Å²) < 4.78 is 26.0. The first-order valence-corrected chi connectivity index (χ1v) is 40.2. The average Bonchev–Trinajstić information content (AvgIpc) is 1.86. The second kappa shape index (κ2) is 43.2. The fourth-order valence-corrected chi connectivity index (χ4v) is 11.8. The van der Waals surface area contributed by atoms with Crippen LogP contribution in [0.3, 0.4) is 0 Å². The van der Waals surface area contributed by atoms with Gasteiger partial charge in [0.05, 0.1) is 35.2 Å². The van der Waals surface area contributed by atoms with Crippen LogP contribution in [0.1, 0.15) is 314 Å². The number of aromatic amines is 2. The topological polar surface area (TPSA) is 205 Å². The van der Waals surface area contributed by atoms with Crippen molar-refractivity contribution >= 4 is 94.2 Å². The number of H-pyrrole nitrogens is 2. The third kappa shape index (κ3) is 36.4. The molecule has 0 aliphatic carbocycles. The minimum Gasteiger partial charge on any atom is -0.458 e. The number of thiazole rings is 2. The van der Waals surface area contributed by atoms with Crippen LogP contribution in [0.15, 0.2) is 121 Å². The Morgan fingerprint density at radius 3 is 1.42 bits per heavy atom. The van der Waals surface area contributed by atoms with Gasteiger partial charge < -0.3 is 23.2 Å². The van der Waals surface area contributed by atoms with E-state index in [1.54, 1.807) is 89.3 Å². The lowest BCUT2D eigenvalue weighted by atomic mass is 9.86. The smallest absolute Gasteiger partial charge is 0.330 e. The number of esters is 1. The Morgan fingerprint density at radius 2 is 1.13 bits per heavy atom. The standard InChI is InChI=1S/C10H16N2.2C9H12N2.2C9H13NO.4C9H13NS.C9H14O2/c1-6-9-11-8(7-12(9)5)10(2,3)4;1-5-8-10-6-7(11-8)9(2,3)4;1-5-8-7(6-10-11-8)9(2,3)4;1-5-8-10-6-7(11-8)9(2,3)4;1-5-7-6-8(11-10-7)9(2,3)4;1-5-8-10-7(6-11-8)9(2,3)4;1-5-8-10-6-7(11-8)9(2,3)4;1-5-8-7(6-11-10-8)9(2,3)4;1-5-7-6-8(11-10-7)9(2,3)4;1-9(2,3)7-5-4-6-8(10)11-7/h6-7H,1H2,2-5H3;2*1,6H,2-4H3,(H,10,11);6*5-6H,1H2,2-4H3;4,6-7H,5H2,1-3H3. The fourth-order valence-electron chi connectivity index (χ4n) is 8.43. The average molecular weight is 1590 g/mol. The molecular weight excluding hydrogens is 1450 g/mol. The van der Waals surface area contributed by atoms with E-state index in [0.29, 0.717) is 11.7 Å². The number of terminal acetylenes is 2. The van der Waals surface area contributed by atoms with Crippen molar-refractivity contribution in [1.82, 2.24) is 58.6 Å². The van der Waals surface area contributed by atoms with Gasteiger partial charge in [0, 0.05) is 103 Å². The number of nitrogens with zero attached hydrogens (tertiary/aromatic N) is 10. The van der Waals surface area contributed by atoms with Crippen molar-refractivity contribution in [2.45, 2.75) is 269 Å². The minimum atomic E-state index is -0.212. The Hall–Kier alpha value is -8.92. The number of hydrogen-bond donors (Lipinski definition) is 2. The van der Waals surface area contributed by atoms with Gasteiger partial charge in [-0.25, -0.2) is 29.7 Å². The maximum absolute atomic E-state index is 10.8. The third-order valence-electron chi connectivity index (χ3n) is 15.7. The molecule has 9 aromatic heterocycles. The van der Waals surface area contributed by atoms with Gasteiger partial charge in [0.15, 0.2) is 5.82 Å². The van der Waals surface area contributed by atoms with Crippen LogP contribution < -0.4 is 0 Å². The molecule has 9 aromatic rings. The molecule has 1 aliphatic heterocycles. The highest BCUT2D eigenvalue weighted by atomic mass is 32.1. The Balaban J connectivity index is 0.000000617. The van der Waals surface area contributed by atoms with Gasteiger partial charge in [-0.2, -0.15) is 13.8 Å². The number of oxazole rings is 1. The molecule has 16 nitrogen and oxygen atoms in total. The molecule has 0 amide bonds. The molecule has 0 spiro atoms. The summed E-state index contributed by atoms with van der Waals surface area (Å²) in [6.07, 6.45) is 36.2. The fraction of sp³-hybridized carbons (Fsp3) is 0.473. The molecule has 1 aliphatic rings. The molecule has 111 heavy (non-hydrogen) atoms. The third-order valence-corrected chi connectivity index (χ3v) is 19.8. The lowest BCUT2D eigenvalue weighted by Gasteiger charge is -2.30. The first-order chi connectivity index (χ1) is 50.8. The van der Waals surface area contributed by atoms with Crippen LogP contribution in [0.4, 0.5) is 0 Å². The summed E-state index contributed by atoms with van der Waals surface area (Å²) in [5.74, 6) is 8.73. The van der Waals surface area contributed by atoms with E-state index in [1.807, 2.05) is 36.0 Å². The van der Waals surface area contributed by atoms with Gasteiger partial charge in [-0.3, -0.25) is 5.10 Å². The van der Waals surface area contributed by atoms with Crippen LogP contribution >= 0.6 is 45.7 Å². The zero-order valence-corrected chi connectivity index (χ0v) is 76.3. The number of carbonyl (C=O) groups is 1. The SMILES string of the molecule is C#Cc1[nH]ncc1C(C)(C)C.C#Cc1ncc(C(C)(C)C)[nH]1.C=Cc1cc(C(C)(C)C)on1.C=Cc1cc(C(C)(C)C)sn1.C=Cc1nc(C(C)(C)C)cn1C.C=Cc1nc(C(C)(C)C)cs1.C=Cc1ncc(C(C)(C)C)o1.C=Cc1ncc(C(C)(C)C)s1.C=Cc1nscc1C(C)(C)C.CC(C)(C)C1CC=CC(=O)O1. The molecule has 20 heteroatoms. The summed E-state index contributed by atoms with van der Waals surface area (Å²) in [6.45, 7) is 89.6. The number of cyclic esters (lactones) is 1. The highest BCUT2D eigenvalue weighted by molar-refractivity contribution is 7.12. The zero-order valence-electron chi connectivity index (χ0n) is 73.0. The largest absolute Gasteiger partial charge is 0.458 e. The molecule has 1 unspecified atom stereocenters. The molecule has 0 bridgehead atoms. The van der Waals surface area contributed by atoms with Gasteiger partial charge in [-0.15, -0.1) is 35.5 Å². The highest BCUT2D eigenvalue weighted by Gasteiger charge is 2.29. The number of carbonyl (C=O) groups excluding carboxylic acids is 1.